The Morgan fingerprint density at radius 2 is 1.90 bits per heavy atom. The second-order valence-electron chi connectivity index (χ2n) is 5.64. The van der Waals surface area contributed by atoms with Gasteiger partial charge >= 0.3 is 0 Å². The zero-order chi connectivity index (χ0) is 15.2. The average molecular weight is 292 g/mol. The van der Waals surface area contributed by atoms with Crippen molar-refractivity contribution in [3.63, 3.8) is 0 Å². The molecular weight excluding hydrogens is 264 g/mol. The van der Waals surface area contributed by atoms with E-state index in [1.54, 1.807) is 0 Å². The van der Waals surface area contributed by atoms with Crippen molar-refractivity contribution in [2.45, 2.75) is 39.2 Å². The Balaban J connectivity index is 2.30. The summed E-state index contributed by atoms with van der Waals surface area (Å²) in [4.78, 5) is 11.9. The minimum atomic E-state index is 0.0118. The standard InChI is InChI=1S/C16H28N4O/c1-5-13-12(7-8-17-3)14(6-2)19-16(18-13)15-11-20(4)9-10-21-15/h15,17H,5-11H2,1-4H3. The molecule has 2 rings (SSSR count). The zero-order valence-electron chi connectivity index (χ0n) is 13.8. The van der Waals surface area contributed by atoms with E-state index in [0.29, 0.717) is 0 Å². The fraction of sp³-hybridized carbons (Fsp3) is 0.750. The summed E-state index contributed by atoms with van der Waals surface area (Å²) in [5.74, 6) is 0.864. The zero-order valence-corrected chi connectivity index (χ0v) is 13.8. The van der Waals surface area contributed by atoms with E-state index in [2.05, 4.69) is 31.1 Å². The molecule has 1 aromatic rings. The van der Waals surface area contributed by atoms with Crippen LogP contribution in [0.3, 0.4) is 0 Å². The molecule has 0 spiro atoms. The van der Waals surface area contributed by atoms with E-state index in [4.69, 9.17) is 14.7 Å². The first-order chi connectivity index (χ1) is 10.2. The van der Waals surface area contributed by atoms with Gasteiger partial charge in [0.15, 0.2) is 5.82 Å². The largest absolute Gasteiger partial charge is 0.368 e. The lowest BCUT2D eigenvalue weighted by Gasteiger charge is -2.29. The Morgan fingerprint density at radius 1 is 1.24 bits per heavy atom. The van der Waals surface area contributed by atoms with Gasteiger partial charge in [0.25, 0.3) is 0 Å². The molecule has 1 atom stereocenters. The maximum atomic E-state index is 5.88. The highest BCUT2D eigenvalue weighted by Gasteiger charge is 2.24. The summed E-state index contributed by atoms with van der Waals surface area (Å²) in [7, 11) is 4.11. The van der Waals surface area contributed by atoms with Gasteiger partial charge in [0, 0.05) is 24.5 Å². The predicted octanol–water partition coefficient (Wildman–Crippen LogP) is 1.37. The van der Waals surface area contributed by atoms with Crippen molar-refractivity contribution in [2.24, 2.45) is 0 Å². The van der Waals surface area contributed by atoms with Gasteiger partial charge in [0.05, 0.1) is 6.61 Å². The van der Waals surface area contributed by atoms with Crippen LogP contribution in [0.4, 0.5) is 0 Å². The molecule has 0 aromatic carbocycles. The van der Waals surface area contributed by atoms with Gasteiger partial charge < -0.3 is 15.0 Å². The highest BCUT2D eigenvalue weighted by atomic mass is 16.5. The third kappa shape index (κ3) is 3.99. The quantitative estimate of drug-likeness (QED) is 0.858. The van der Waals surface area contributed by atoms with Crippen LogP contribution < -0.4 is 5.32 Å². The van der Waals surface area contributed by atoms with Gasteiger partial charge in [-0.1, -0.05) is 13.8 Å². The Hall–Kier alpha value is -1.04. The first-order valence-corrected chi connectivity index (χ1v) is 8.02. The lowest BCUT2D eigenvalue weighted by atomic mass is 10.0. The molecule has 1 saturated heterocycles. The Bertz CT molecular complexity index is 439. The SMILES string of the molecule is CCc1nc(C2CN(C)CCO2)nc(CC)c1CCNC. The van der Waals surface area contributed by atoms with Crippen molar-refractivity contribution in [3.8, 4) is 0 Å². The number of nitrogens with zero attached hydrogens (tertiary/aromatic N) is 3. The van der Waals surface area contributed by atoms with Crippen LogP contribution in [0, 0.1) is 0 Å². The highest BCUT2D eigenvalue weighted by molar-refractivity contribution is 5.27. The van der Waals surface area contributed by atoms with Crippen molar-refractivity contribution < 1.29 is 4.74 Å². The fourth-order valence-electron chi connectivity index (χ4n) is 2.80. The molecular formula is C16H28N4O. The van der Waals surface area contributed by atoms with Crippen LogP contribution >= 0.6 is 0 Å². The predicted molar refractivity (Wildman–Crippen MR) is 84.6 cm³/mol. The molecule has 1 aliphatic rings. The maximum absolute atomic E-state index is 5.88. The van der Waals surface area contributed by atoms with Gasteiger partial charge in [0.1, 0.15) is 6.10 Å². The molecule has 5 nitrogen and oxygen atoms in total. The van der Waals surface area contributed by atoms with Crippen LogP contribution in [0.1, 0.15) is 42.7 Å². The van der Waals surface area contributed by atoms with E-state index < -0.39 is 0 Å². The summed E-state index contributed by atoms with van der Waals surface area (Å²) in [6, 6.07) is 0. The summed E-state index contributed by atoms with van der Waals surface area (Å²) in [5.41, 5.74) is 3.69. The average Bonchev–Trinajstić information content (AvgIpc) is 2.52. The summed E-state index contributed by atoms with van der Waals surface area (Å²) >= 11 is 0. The summed E-state index contributed by atoms with van der Waals surface area (Å²) in [6.45, 7) is 7.92. The Morgan fingerprint density at radius 3 is 2.43 bits per heavy atom. The normalized spacial score (nSPS) is 19.9. The number of aryl methyl sites for hydroxylation is 2. The summed E-state index contributed by atoms with van der Waals surface area (Å²) in [6.07, 6.45) is 2.90. The molecule has 1 unspecified atom stereocenters. The molecule has 0 amide bonds. The maximum Gasteiger partial charge on any atom is 0.158 e. The molecule has 0 radical (unpaired) electrons. The smallest absolute Gasteiger partial charge is 0.158 e. The molecule has 5 heteroatoms. The molecule has 1 aromatic heterocycles. The van der Waals surface area contributed by atoms with Crippen molar-refractivity contribution >= 4 is 0 Å². The van der Waals surface area contributed by atoms with E-state index in [9.17, 15) is 0 Å². The summed E-state index contributed by atoms with van der Waals surface area (Å²) in [5, 5.41) is 3.22. The Kier molecular flexibility index (Phi) is 6.08. The van der Waals surface area contributed by atoms with E-state index in [0.717, 1.165) is 51.3 Å². The van der Waals surface area contributed by atoms with Crippen molar-refractivity contribution in [1.82, 2.24) is 20.2 Å². The van der Waals surface area contributed by atoms with Crippen molar-refractivity contribution in [3.05, 3.63) is 22.8 Å². The number of nitrogens with one attached hydrogen (secondary N) is 1. The summed E-state index contributed by atoms with van der Waals surface area (Å²) < 4.78 is 5.88. The highest BCUT2D eigenvalue weighted by Crippen LogP contribution is 2.22. The molecule has 0 saturated carbocycles. The third-order valence-corrected chi connectivity index (χ3v) is 4.05. The number of likely N-dealkylation sites (N-methyl/N-ethyl adjacent to an activating group) is 2. The monoisotopic (exact) mass is 292 g/mol. The van der Waals surface area contributed by atoms with Gasteiger partial charge in [-0.05, 0) is 45.5 Å². The molecule has 1 aliphatic heterocycles. The van der Waals surface area contributed by atoms with Crippen LogP contribution in [0.25, 0.3) is 0 Å². The van der Waals surface area contributed by atoms with Gasteiger partial charge in [-0.15, -0.1) is 0 Å². The van der Waals surface area contributed by atoms with Crippen LogP contribution in [0.5, 0.6) is 0 Å². The van der Waals surface area contributed by atoms with Gasteiger partial charge in [-0.25, -0.2) is 9.97 Å². The van der Waals surface area contributed by atoms with Gasteiger partial charge in [-0.2, -0.15) is 0 Å². The van der Waals surface area contributed by atoms with E-state index in [1.165, 1.54) is 17.0 Å². The van der Waals surface area contributed by atoms with E-state index in [1.807, 2.05) is 7.05 Å². The Labute approximate surface area is 128 Å². The third-order valence-electron chi connectivity index (χ3n) is 4.05. The molecule has 0 bridgehead atoms. The number of hydrogen-bond acceptors (Lipinski definition) is 5. The first kappa shape index (κ1) is 16.3. The van der Waals surface area contributed by atoms with Crippen molar-refractivity contribution in [1.29, 1.82) is 0 Å². The van der Waals surface area contributed by atoms with E-state index in [-0.39, 0.29) is 6.10 Å². The van der Waals surface area contributed by atoms with E-state index >= 15 is 0 Å². The topological polar surface area (TPSA) is 50.3 Å². The molecule has 1 fully saturated rings. The lowest BCUT2D eigenvalue weighted by molar-refractivity contribution is -0.0257. The molecule has 0 aliphatic carbocycles. The number of hydrogen-bond donors (Lipinski definition) is 1. The number of morpholine rings is 1. The second kappa shape index (κ2) is 7.82. The molecule has 1 N–H and O–H groups in total. The minimum Gasteiger partial charge on any atom is -0.368 e. The number of ether oxygens (including phenoxy) is 1. The van der Waals surface area contributed by atoms with Gasteiger partial charge in [0.2, 0.25) is 0 Å². The molecule has 2 heterocycles. The first-order valence-electron chi connectivity index (χ1n) is 8.02. The van der Waals surface area contributed by atoms with Gasteiger partial charge in [-0.3, -0.25) is 0 Å². The second-order valence-corrected chi connectivity index (χ2v) is 5.64. The fourth-order valence-corrected chi connectivity index (χ4v) is 2.80. The number of rotatable bonds is 6. The lowest BCUT2D eigenvalue weighted by Crippen LogP contribution is -2.36. The van der Waals surface area contributed by atoms with Crippen molar-refractivity contribution in [2.75, 3.05) is 40.3 Å². The molecule has 118 valence electrons. The van der Waals surface area contributed by atoms with Crippen LogP contribution in [-0.2, 0) is 24.0 Å². The van der Waals surface area contributed by atoms with Crippen LogP contribution in [-0.4, -0.2) is 55.2 Å². The molecule has 21 heavy (non-hydrogen) atoms. The van der Waals surface area contributed by atoms with Crippen LogP contribution in [0.15, 0.2) is 0 Å². The van der Waals surface area contributed by atoms with Crippen LogP contribution in [0.2, 0.25) is 0 Å². The number of aromatic nitrogens is 2. The minimum absolute atomic E-state index is 0.0118.